The number of ether oxygens (including phenoxy) is 2. The predicted octanol–water partition coefficient (Wildman–Crippen LogP) is -0.982. The lowest BCUT2D eigenvalue weighted by Gasteiger charge is -2.28. The highest BCUT2D eigenvalue weighted by Gasteiger charge is 2.80. The molecule has 0 spiro atoms. The van der Waals surface area contributed by atoms with Crippen molar-refractivity contribution >= 4 is 51.9 Å². The van der Waals surface area contributed by atoms with E-state index >= 15 is 4.39 Å². The zero-order valence-corrected chi connectivity index (χ0v) is 19.2. The van der Waals surface area contributed by atoms with Gasteiger partial charge >= 0.3 is 11.9 Å². The average molecular weight is 547 g/mol. The van der Waals surface area contributed by atoms with Crippen LogP contribution in [-0.2, 0) is 25.5 Å². The van der Waals surface area contributed by atoms with Crippen LogP contribution in [0, 0.1) is 0 Å². The zero-order chi connectivity index (χ0) is 26.2. The third-order valence-corrected chi connectivity index (χ3v) is 7.09. The molecule has 7 N–H and O–H groups in total. The molecule has 3 aromatic rings. The molecule has 5 atom stereocenters. The van der Waals surface area contributed by atoms with Gasteiger partial charge in [-0.1, -0.05) is 0 Å². The molecule has 192 valence electrons. The molecule has 5 rings (SSSR count). The van der Waals surface area contributed by atoms with Crippen LogP contribution in [0.1, 0.15) is 23.2 Å². The number of hydrogen-bond donors (Lipinski definition) is 6. The van der Waals surface area contributed by atoms with Gasteiger partial charge in [-0.15, -0.1) is 11.3 Å². The van der Waals surface area contributed by atoms with E-state index in [-0.39, 0.29) is 33.0 Å². The summed E-state index contributed by atoms with van der Waals surface area (Å²) in [6.07, 6.45) is -8.50. The van der Waals surface area contributed by atoms with Crippen molar-refractivity contribution in [1.82, 2.24) is 24.5 Å². The minimum atomic E-state index is -2.99. The number of rotatable bonds is 8. The van der Waals surface area contributed by atoms with Crippen molar-refractivity contribution in [2.75, 3.05) is 5.73 Å². The highest BCUT2D eigenvalue weighted by atomic mass is 35.5. The molecule has 0 aromatic carbocycles. The van der Waals surface area contributed by atoms with E-state index in [9.17, 15) is 35.1 Å². The maximum Gasteiger partial charge on any atom is 0.348 e. The molecule has 1 saturated carbocycles. The number of nitrogens with zero attached hydrogens (tertiary/aromatic N) is 5. The van der Waals surface area contributed by atoms with E-state index in [1.54, 1.807) is 0 Å². The Morgan fingerprint density at radius 1 is 1.33 bits per heavy atom. The second-order valence-corrected chi connectivity index (χ2v) is 9.37. The fourth-order valence-electron chi connectivity index (χ4n) is 4.11. The highest BCUT2D eigenvalue weighted by molar-refractivity contribution is 7.09. The molecule has 0 bridgehead atoms. The van der Waals surface area contributed by atoms with Crippen molar-refractivity contribution in [1.29, 1.82) is 0 Å². The van der Waals surface area contributed by atoms with Gasteiger partial charge in [0.15, 0.2) is 29.5 Å². The van der Waals surface area contributed by atoms with Gasteiger partial charge in [0.2, 0.25) is 11.6 Å². The van der Waals surface area contributed by atoms with E-state index in [2.05, 4.69) is 19.9 Å². The Balaban J connectivity index is 1.41. The van der Waals surface area contributed by atoms with Gasteiger partial charge < -0.3 is 40.7 Å². The van der Waals surface area contributed by atoms with E-state index in [1.165, 1.54) is 5.38 Å². The van der Waals surface area contributed by atoms with Crippen LogP contribution in [0.15, 0.2) is 11.7 Å². The summed E-state index contributed by atoms with van der Waals surface area (Å²) in [5.74, 6) is -3.97. The summed E-state index contributed by atoms with van der Waals surface area (Å²) in [7, 11) is 0. The summed E-state index contributed by atoms with van der Waals surface area (Å²) in [5, 5.41) is 49.6. The van der Waals surface area contributed by atoms with Crippen molar-refractivity contribution in [2.24, 2.45) is 0 Å². The number of thiazole rings is 1. The van der Waals surface area contributed by atoms with Crippen LogP contribution in [-0.4, -0.2) is 91.6 Å². The molecule has 3 aromatic heterocycles. The minimum absolute atomic E-state index is 0.0124. The predicted molar refractivity (Wildman–Crippen MR) is 114 cm³/mol. The van der Waals surface area contributed by atoms with Gasteiger partial charge in [-0.05, 0) is 11.6 Å². The van der Waals surface area contributed by atoms with Crippen molar-refractivity contribution in [3.63, 3.8) is 0 Å². The first-order valence-electron chi connectivity index (χ1n) is 10.0. The number of hydrogen-bond acceptors (Lipinski definition) is 13. The number of alkyl halides is 1. The number of halogens is 2. The lowest BCUT2D eigenvalue weighted by molar-refractivity contribution is -0.194. The van der Waals surface area contributed by atoms with Gasteiger partial charge in [-0.2, -0.15) is 9.97 Å². The van der Waals surface area contributed by atoms with E-state index in [4.69, 9.17) is 26.8 Å². The van der Waals surface area contributed by atoms with E-state index < -0.39 is 60.5 Å². The van der Waals surface area contributed by atoms with E-state index in [1.807, 2.05) is 0 Å². The van der Waals surface area contributed by atoms with Crippen LogP contribution in [0.5, 0.6) is 0 Å². The number of nitrogens with two attached hydrogens (primary N) is 1. The smallest absolute Gasteiger partial charge is 0.348 e. The Labute approximate surface area is 207 Å². The second kappa shape index (κ2) is 8.23. The molecule has 1 aliphatic carbocycles. The number of imidazole rings is 1. The fourth-order valence-corrected chi connectivity index (χ4v) is 4.97. The summed E-state index contributed by atoms with van der Waals surface area (Å²) in [5.41, 5.74) is 0.321. The number of anilines is 1. The quantitative estimate of drug-likeness (QED) is 0.113. The summed E-state index contributed by atoms with van der Waals surface area (Å²) in [4.78, 5) is 39.5. The van der Waals surface area contributed by atoms with Crippen LogP contribution in [0.3, 0.4) is 0 Å². The monoisotopic (exact) mass is 546 g/mol. The Morgan fingerprint density at radius 3 is 2.58 bits per heavy atom. The third-order valence-electron chi connectivity index (χ3n) is 5.99. The minimum Gasteiger partial charge on any atom is -0.479 e. The first-order valence-corrected chi connectivity index (χ1v) is 11.3. The van der Waals surface area contributed by atoms with Crippen LogP contribution in [0.4, 0.5) is 10.2 Å². The molecule has 4 heterocycles. The molecule has 1 aliphatic heterocycles. The molecule has 36 heavy (non-hydrogen) atoms. The lowest BCUT2D eigenvalue weighted by Crippen LogP contribution is -2.53. The van der Waals surface area contributed by atoms with Gasteiger partial charge in [0.05, 0.1) is 12.0 Å². The zero-order valence-electron chi connectivity index (χ0n) is 17.6. The number of nitrogen functional groups attached to an aromatic ring is 1. The maximum absolute atomic E-state index is 15.5. The van der Waals surface area contributed by atoms with Crippen LogP contribution in [0.25, 0.3) is 11.2 Å². The molecule has 18 heteroatoms. The van der Waals surface area contributed by atoms with Crippen LogP contribution in [0.2, 0.25) is 5.28 Å². The normalized spacial score (nSPS) is 27.5. The maximum atomic E-state index is 15.5. The second-order valence-electron chi connectivity index (χ2n) is 8.14. The number of carboxylic acids is 2. The number of aromatic nitrogens is 5. The molecule has 15 nitrogen and oxygen atoms in total. The van der Waals surface area contributed by atoms with E-state index in [0.717, 1.165) is 22.2 Å². The summed E-state index contributed by atoms with van der Waals surface area (Å²) >= 11 is 6.56. The Kier molecular flexibility index (Phi) is 5.63. The summed E-state index contributed by atoms with van der Waals surface area (Å²) in [6, 6.07) is 0. The molecular formula is C18H16ClFN6O9S. The van der Waals surface area contributed by atoms with E-state index in [0.29, 0.717) is 0 Å². The summed E-state index contributed by atoms with van der Waals surface area (Å²) < 4.78 is 27.4. The van der Waals surface area contributed by atoms with Crippen molar-refractivity contribution in [3.05, 3.63) is 27.7 Å². The average Bonchev–Trinajstić information content (AvgIpc) is 3.24. The van der Waals surface area contributed by atoms with Gasteiger partial charge in [-0.25, -0.2) is 23.9 Å². The molecule has 1 saturated heterocycles. The number of carboxylic acid groups (broad SMARTS) is 2. The number of aliphatic hydroxyl groups is 3. The Bertz CT molecular complexity index is 1370. The van der Waals surface area contributed by atoms with Crippen LogP contribution >= 0.6 is 22.9 Å². The first-order chi connectivity index (χ1) is 16.9. The molecule has 0 amide bonds. The third kappa shape index (κ3) is 3.51. The fraction of sp³-hybridized carbons (Fsp3) is 0.444. The standard InChI is InChI=1S/C18H16ClFN6O9S/c19-16-24-9(21)5-10(25-16)26(3-22-5)12-6(20)18(33)7(34-12)8(18)35-17(14(29)30,15(31)32)1-4-2-36-11(23-4)13(27)28/h2-3,6-8,12-13,27-28,33H,1H2,(H,29,30)(H,31,32)(H2,21,24,25)/t6-,7-,8?,12-,18+/m1/s1. The van der Waals surface area contributed by atoms with Crippen molar-refractivity contribution in [2.45, 2.75) is 48.5 Å². The number of fused-ring (bicyclic) bond motifs is 2. The SMILES string of the molecule is Nc1nc(Cl)nc2c1ncn2[C@@H]1O[C@@H]2C(OC(Cc3csc(C(O)O)n3)(C(=O)O)C(=O)O)[C@]2(O)[C@@H]1F. The largest absolute Gasteiger partial charge is 0.479 e. The lowest BCUT2D eigenvalue weighted by atomic mass is 9.97. The van der Waals surface area contributed by atoms with Gasteiger partial charge in [-0.3, -0.25) is 4.57 Å². The number of aliphatic hydroxyl groups excluding tert-OH is 1. The molecular weight excluding hydrogens is 531 g/mol. The Hall–Kier alpha value is -3.06. The molecule has 2 aliphatic rings. The van der Waals surface area contributed by atoms with Gasteiger partial charge in [0.25, 0.3) is 5.60 Å². The molecule has 1 unspecified atom stereocenters. The topological polar surface area (TPSA) is 236 Å². The number of aliphatic carboxylic acids is 2. The van der Waals surface area contributed by atoms with Crippen LogP contribution < -0.4 is 5.73 Å². The summed E-state index contributed by atoms with van der Waals surface area (Å²) in [6.45, 7) is 0. The highest BCUT2D eigenvalue weighted by Crippen LogP contribution is 2.58. The van der Waals surface area contributed by atoms with Gasteiger partial charge in [0.1, 0.15) is 22.7 Å². The van der Waals surface area contributed by atoms with Gasteiger partial charge in [0, 0.05) is 11.8 Å². The molecule has 2 fully saturated rings. The number of carbonyl (C=O) groups is 2. The van der Waals surface area contributed by atoms with Crippen molar-refractivity contribution < 1.29 is 49.0 Å². The Morgan fingerprint density at radius 2 is 2.03 bits per heavy atom. The first kappa shape index (κ1) is 24.6. The molecule has 0 radical (unpaired) electrons. The van der Waals surface area contributed by atoms with Crippen molar-refractivity contribution in [3.8, 4) is 0 Å².